The first-order valence-electron chi connectivity index (χ1n) is 6.27. The molecule has 1 rings (SSSR count). The highest BCUT2D eigenvalue weighted by molar-refractivity contribution is 5.83. The summed E-state index contributed by atoms with van der Waals surface area (Å²) in [7, 11) is 1.28. The van der Waals surface area contributed by atoms with E-state index in [1.54, 1.807) is 6.92 Å². The summed E-state index contributed by atoms with van der Waals surface area (Å²) in [5, 5.41) is 2.94. The van der Waals surface area contributed by atoms with Crippen LogP contribution in [0.3, 0.4) is 0 Å². The van der Waals surface area contributed by atoms with Gasteiger partial charge in [-0.3, -0.25) is 0 Å². The molecule has 0 bridgehead atoms. The Morgan fingerprint density at radius 1 is 1.25 bits per heavy atom. The van der Waals surface area contributed by atoms with E-state index in [1.165, 1.54) is 19.2 Å². The Hall–Kier alpha value is -1.72. The van der Waals surface area contributed by atoms with Crippen molar-refractivity contribution in [1.29, 1.82) is 0 Å². The van der Waals surface area contributed by atoms with Crippen LogP contribution in [0.15, 0.2) is 24.3 Å². The number of hydrogen-bond acceptors (Lipinski definition) is 3. The molecule has 0 amide bonds. The van der Waals surface area contributed by atoms with Gasteiger partial charge >= 0.3 is 12.1 Å². The van der Waals surface area contributed by atoms with Crippen LogP contribution >= 0.6 is 0 Å². The maximum atomic E-state index is 12.5. The van der Waals surface area contributed by atoms with Gasteiger partial charge in [0.25, 0.3) is 0 Å². The van der Waals surface area contributed by atoms with E-state index in [2.05, 4.69) is 5.32 Å². The summed E-state index contributed by atoms with van der Waals surface area (Å²) in [4.78, 5) is 11.8. The smallest absolute Gasteiger partial charge is 0.416 e. The molecule has 20 heavy (non-hydrogen) atoms. The molecular formula is C14H18F3NO2. The third-order valence-electron chi connectivity index (χ3n) is 3.02. The zero-order valence-electron chi connectivity index (χ0n) is 11.7. The molecule has 0 fully saturated rings. The summed E-state index contributed by atoms with van der Waals surface area (Å²) in [5.74, 6) is -0.445. The van der Waals surface area contributed by atoms with Gasteiger partial charge in [-0.2, -0.15) is 13.2 Å². The Bertz CT molecular complexity index is 456. The Morgan fingerprint density at radius 2 is 1.80 bits per heavy atom. The average Bonchev–Trinajstić information content (AvgIpc) is 2.37. The van der Waals surface area contributed by atoms with Gasteiger partial charge in [-0.1, -0.05) is 13.3 Å². The number of rotatable bonds is 5. The first-order valence-corrected chi connectivity index (χ1v) is 6.27. The van der Waals surface area contributed by atoms with E-state index in [1.807, 2.05) is 6.92 Å². The first-order chi connectivity index (χ1) is 9.23. The van der Waals surface area contributed by atoms with Gasteiger partial charge in [0.2, 0.25) is 0 Å². The molecule has 0 saturated carbocycles. The van der Waals surface area contributed by atoms with Crippen LogP contribution in [0, 0.1) is 0 Å². The van der Waals surface area contributed by atoms with Crippen molar-refractivity contribution in [2.24, 2.45) is 0 Å². The molecule has 0 spiro atoms. The van der Waals surface area contributed by atoms with Crippen molar-refractivity contribution in [3.8, 4) is 0 Å². The number of benzene rings is 1. The van der Waals surface area contributed by atoms with Crippen LogP contribution in [-0.4, -0.2) is 18.6 Å². The number of hydrogen-bond donors (Lipinski definition) is 1. The minimum Gasteiger partial charge on any atom is -0.467 e. The van der Waals surface area contributed by atoms with E-state index in [9.17, 15) is 18.0 Å². The summed E-state index contributed by atoms with van der Waals surface area (Å²) in [5.41, 5.74) is -1.24. The zero-order valence-corrected chi connectivity index (χ0v) is 11.7. The number of carbonyl (C=O) groups excluding carboxylic acids is 1. The highest BCUT2D eigenvalue weighted by Gasteiger charge is 2.34. The molecule has 0 aromatic heterocycles. The van der Waals surface area contributed by atoms with E-state index in [0.29, 0.717) is 12.1 Å². The highest BCUT2D eigenvalue weighted by Crippen LogP contribution is 2.30. The third-order valence-corrected chi connectivity index (χ3v) is 3.02. The van der Waals surface area contributed by atoms with Crippen LogP contribution < -0.4 is 5.32 Å². The third kappa shape index (κ3) is 3.88. The molecule has 6 heteroatoms. The average molecular weight is 289 g/mol. The predicted molar refractivity (Wildman–Crippen MR) is 70.4 cm³/mol. The molecule has 1 aromatic rings. The lowest BCUT2D eigenvalue weighted by Crippen LogP contribution is -2.44. The van der Waals surface area contributed by atoms with Crippen molar-refractivity contribution in [1.82, 2.24) is 0 Å². The lowest BCUT2D eigenvalue weighted by molar-refractivity contribution is -0.145. The highest BCUT2D eigenvalue weighted by atomic mass is 19.4. The fraction of sp³-hybridized carbons (Fsp3) is 0.500. The maximum Gasteiger partial charge on any atom is 0.416 e. The molecule has 0 radical (unpaired) electrons. The summed E-state index contributed by atoms with van der Waals surface area (Å²) in [6, 6.07) is 4.57. The van der Waals surface area contributed by atoms with Gasteiger partial charge in [-0.25, -0.2) is 4.79 Å². The van der Waals surface area contributed by atoms with Crippen LogP contribution in [0.25, 0.3) is 0 Å². The second-order valence-corrected chi connectivity index (χ2v) is 4.77. The molecule has 0 aliphatic rings. The molecule has 0 aliphatic carbocycles. The van der Waals surface area contributed by atoms with Crippen molar-refractivity contribution in [3.05, 3.63) is 29.8 Å². The van der Waals surface area contributed by atoms with Crippen molar-refractivity contribution < 1.29 is 22.7 Å². The second-order valence-electron chi connectivity index (χ2n) is 4.77. The molecule has 1 atom stereocenters. The topological polar surface area (TPSA) is 38.3 Å². The second kappa shape index (κ2) is 6.15. The van der Waals surface area contributed by atoms with Gasteiger partial charge in [0.1, 0.15) is 5.54 Å². The normalized spacial score (nSPS) is 14.5. The number of nitrogens with one attached hydrogen (secondary N) is 1. The van der Waals surface area contributed by atoms with E-state index in [-0.39, 0.29) is 0 Å². The van der Waals surface area contributed by atoms with Crippen LogP contribution in [0.2, 0.25) is 0 Å². The number of carbonyl (C=O) groups is 1. The molecule has 3 nitrogen and oxygen atoms in total. The van der Waals surface area contributed by atoms with Crippen LogP contribution in [0.1, 0.15) is 32.3 Å². The van der Waals surface area contributed by atoms with Crippen molar-refractivity contribution in [2.75, 3.05) is 12.4 Å². The molecular weight excluding hydrogens is 271 g/mol. The van der Waals surface area contributed by atoms with E-state index in [0.717, 1.165) is 18.6 Å². The number of ether oxygens (including phenoxy) is 1. The zero-order chi connectivity index (χ0) is 15.4. The van der Waals surface area contributed by atoms with E-state index >= 15 is 0 Å². The van der Waals surface area contributed by atoms with Gasteiger partial charge in [0.15, 0.2) is 0 Å². The molecule has 0 heterocycles. The molecule has 0 aliphatic heterocycles. The number of halogens is 3. The largest absolute Gasteiger partial charge is 0.467 e. The van der Waals surface area contributed by atoms with Crippen molar-refractivity contribution in [3.63, 3.8) is 0 Å². The monoisotopic (exact) mass is 289 g/mol. The van der Waals surface area contributed by atoms with Gasteiger partial charge in [-0.15, -0.1) is 0 Å². The molecule has 1 unspecified atom stereocenters. The minimum absolute atomic E-state index is 0.444. The van der Waals surface area contributed by atoms with E-state index in [4.69, 9.17) is 4.74 Å². The van der Waals surface area contributed by atoms with Gasteiger partial charge in [0.05, 0.1) is 12.7 Å². The van der Waals surface area contributed by atoms with Gasteiger partial charge < -0.3 is 10.1 Å². The van der Waals surface area contributed by atoms with Crippen LogP contribution in [0.5, 0.6) is 0 Å². The van der Waals surface area contributed by atoms with Gasteiger partial charge in [0, 0.05) is 5.69 Å². The quantitative estimate of drug-likeness (QED) is 0.837. The predicted octanol–water partition coefficient (Wildman–Crippen LogP) is 3.85. The Morgan fingerprint density at radius 3 is 2.20 bits per heavy atom. The summed E-state index contributed by atoms with van der Waals surface area (Å²) < 4.78 is 42.1. The lowest BCUT2D eigenvalue weighted by Gasteiger charge is -2.28. The number of alkyl halides is 3. The summed E-state index contributed by atoms with van der Waals surface area (Å²) >= 11 is 0. The lowest BCUT2D eigenvalue weighted by atomic mass is 9.95. The number of anilines is 1. The van der Waals surface area contributed by atoms with Gasteiger partial charge in [-0.05, 0) is 37.6 Å². The molecule has 1 N–H and O–H groups in total. The Labute approximate surface area is 116 Å². The van der Waals surface area contributed by atoms with Crippen LogP contribution in [-0.2, 0) is 15.7 Å². The number of methoxy groups -OCH3 is 1. The number of esters is 1. The van der Waals surface area contributed by atoms with Crippen molar-refractivity contribution >= 4 is 11.7 Å². The summed E-state index contributed by atoms with van der Waals surface area (Å²) in [6.07, 6.45) is -3.12. The van der Waals surface area contributed by atoms with Crippen molar-refractivity contribution in [2.45, 2.75) is 38.4 Å². The Kier molecular flexibility index (Phi) is 5.03. The molecule has 112 valence electrons. The Balaban J connectivity index is 2.92. The SMILES string of the molecule is CCCC(C)(Nc1ccc(C(F)(F)F)cc1)C(=O)OC. The molecule has 1 aromatic carbocycles. The molecule has 0 saturated heterocycles. The standard InChI is InChI=1S/C14H18F3NO2/c1-4-9-13(2,12(19)20-3)18-11-7-5-10(6-8-11)14(15,16)17/h5-8,18H,4,9H2,1-3H3. The summed E-state index contributed by atoms with van der Waals surface area (Å²) in [6.45, 7) is 3.58. The maximum absolute atomic E-state index is 12.5. The fourth-order valence-corrected chi connectivity index (χ4v) is 2.00. The van der Waals surface area contributed by atoms with Crippen LogP contribution in [0.4, 0.5) is 18.9 Å². The fourth-order valence-electron chi connectivity index (χ4n) is 2.00. The van der Waals surface area contributed by atoms with E-state index < -0.39 is 23.2 Å². The minimum atomic E-state index is -4.37. The first kappa shape index (κ1) is 16.3.